The van der Waals surface area contributed by atoms with Crippen LogP contribution in [0.4, 0.5) is 0 Å². The van der Waals surface area contributed by atoms with Crippen LogP contribution in [-0.2, 0) is 28.6 Å². The summed E-state index contributed by atoms with van der Waals surface area (Å²) in [5.41, 5.74) is -1.10. The van der Waals surface area contributed by atoms with Crippen molar-refractivity contribution in [2.75, 3.05) is 20.3 Å². The van der Waals surface area contributed by atoms with E-state index in [-0.39, 0.29) is 25.2 Å². The second-order valence-electron chi connectivity index (χ2n) is 5.30. The van der Waals surface area contributed by atoms with Crippen molar-refractivity contribution in [2.45, 2.75) is 20.3 Å². The quantitative estimate of drug-likeness (QED) is 0.439. The molecular formula is C18H20O6S. The van der Waals surface area contributed by atoms with Crippen LogP contribution in [0.5, 0.6) is 0 Å². The molecule has 6 nitrogen and oxygen atoms in total. The highest BCUT2D eigenvalue weighted by molar-refractivity contribution is 7.10. The van der Waals surface area contributed by atoms with Crippen LogP contribution in [0.25, 0.3) is 6.08 Å². The molecule has 0 radical (unpaired) electrons. The van der Waals surface area contributed by atoms with Crippen LogP contribution in [0.1, 0.15) is 25.1 Å². The third-order valence-electron chi connectivity index (χ3n) is 3.81. The fraction of sp³-hybridized carbons (Fsp3) is 0.389. The van der Waals surface area contributed by atoms with Gasteiger partial charge in [-0.3, -0.25) is 9.59 Å². The van der Waals surface area contributed by atoms with Crippen molar-refractivity contribution in [1.29, 1.82) is 0 Å². The van der Waals surface area contributed by atoms with Gasteiger partial charge in [-0.25, -0.2) is 4.79 Å². The Balaban J connectivity index is 2.59. The standard InChI is InChI=1S/C18H20O6S/c1-4-23-16(20)18(17(21)24-5-2)11-12(15(19)22-3)9-13(18)10-14-7-6-8-25-14/h6-10H,4-5,11H2,1-3H3/b13-10-. The summed E-state index contributed by atoms with van der Waals surface area (Å²) in [6.45, 7) is 3.53. The van der Waals surface area contributed by atoms with Gasteiger partial charge in [0.05, 0.1) is 20.3 Å². The summed E-state index contributed by atoms with van der Waals surface area (Å²) in [4.78, 5) is 38.3. The van der Waals surface area contributed by atoms with Crippen molar-refractivity contribution < 1.29 is 28.6 Å². The maximum atomic E-state index is 12.7. The molecule has 0 aliphatic heterocycles. The molecule has 0 saturated carbocycles. The Morgan fingerprint density at radius 3 is 2.32 bits per heavy atom. The van der Waals surface area contributed by atoms with Crippen LogP contribution in [-0.4, -0.2) is 38.2 Å². The van der Waals surface area contributed by atoms with E-state index in [1.165, 1.54) is 24.5 Å². The van der Waals surface area contributed by atoms with E-state index in [0.717, 1.165) is 4.88 Å². The predicted molar refractivity (Wildman–Crippen MR) is 92.7 cm³/mol. The highest BCUT2D eigenvalue weighted by Gasteiger charge is 2.56. The molecule has 0 atom stereocenters. The first-order valence-corrected chi connectivity index (χ1v) is 8.76. The van der Waals surface area contributed by atoms with Gasteiger partial charge in [-0.15, -0.1) is 11.3 Å². The first kappa shape index (κ1) is 18.9. The number of hydrogen-bond donors (Lipinski definition) is 0. The highest BCUT2D eigenvalue weighted by Crippen LogP contribution is 2.46. The van der Waals surface area contributed by atoms with E-state index in [0.29, 0.717) is 5.57 Å². The first-order chi connectivity index (χ1) is 12.0. The van der Waals surface area contributed by atoms with E-state index in [2.05, 4.69) is 0 Å². The zero-order valence-corrected chi connectivity index (χ0v) is 15.2. The lowest BCUT2D eigenvalue weighted by Gasteiger charge is -2.26. The number of ether oxygens (including phenoxy) is 3. The van der Waals surface area contributed by atoms with Gasteiger partial charge in [-0.05, 0) is 43.0 Å². The molecule has 0 unspecified atom stereocenters. The van der Waals surface area contributed by atoms with E-state index in [1.54, 1.807) is 19.9 Å². The lowest BCUT2D eigenvalue weighted by Crippen LogP contribution is -2.42. The highest BCUT2D eigenvalue weighted by atomic mass is 32.1. The zero-order valence-electron chi connectivity index (χ0n) is 14.4. The molecule has 0 saturated heterocycles. The van der Waals surface area contributed by atoms with Gasteiger partial charge < -0.3 is 14.2 Å². The van der Waals surface area contributed by atoms with E-state index >= 15 is 0 Å². The van der Waals surface area contributed by atoms with Crippen molar-refractivity contribution in [3.05, 3.63) is 39.6 Å². The Morgan fingerprint density at radius 1 is 1.20 bits per heavy atom. The lowest BCUT2D eigenvalue weighted by molar-refractivity contribution is -0.168. The number of carbonyl (C=O) groups excluding carboxylic acids is 3. The van der Waals surface area contributed by atoms with Crippen molar-refractivity contribution in [1.82, 2.24) is 0 Å². The average molecular weight is 364 g/mol. The minimum Gasteiger partial charge on any atom is -0.466 e. The van der Waals surface area contributed by atoms with Gasteiger partial charge in [0.1, 0.15) is 0 Å². The lowest BCUT2D eigenvalue weighted by atomic mass is 9.80. The van der Waals surface area contributed by atoms with Gasteiger partial charge in [0.2, 0.25) is 0 Å². The normalized spacial score (nSPS) is 17.1. The maximum Gasteiger partial charge on any atom is 0.333 e. The minimum absolute atomic E-state index is 0.111. The molecule has 134 valence electrons. The molecule has 0 N–H and O–H groups in total. The van der Waals surface area contributed by atoms with Gasteiger partial charge in [0, 0.05) is 16.9 Å². The number of thiophene rings is 1. The van der Waals surface area contributed by atoms with Crippen molar-refractivity contribution in [3.8, 4) is 0 Å². The van der Waals surface area contributed by atoms with Gasteiger partial charge in [0.25, 0.3) is 0 Å². The Bertz CT molecular complexity index is 696. The molecule has 0 fully saturated rings. The number of esters is 3. The summed E-state index contributed by atoms with van der Waals surface area (Å²) >= 11 is 1.45. The molecule has 7 heteroatoms. The third-order valence-corrected chi connectivity index (χ3v) is 4.63. The Hall–Kier alpha value is -2.41. The van der Waals surface area contributed by atoms with E-state index in [1.807, 2.05) is 17.5 Å². The van der Waals surface area contributed by atoms with Crippen LogP contribution >= 0.6 is 11.3 Å². The number of methoxy groups -OCH3 is 1. The van der Waals surface area contributed by atoms with E-state index in [9.17, 15) is 14.4 Å². The monoisotopic (exact) mass is 364 g/mol. The number of hydrogen-bond acceptors (Lipinski definition) is 7. The smallest absolute Gasteiger partial charge is 0.333 e. The summed E-state index contributed by atoms with van der Waals surface area (Å²) < 4.78 is 15.0. The Morgan fingerprint density at radius 2 is 1.84 bits per heavy atom. The van der Waals surface area contributed by atoms with Crippen molar-refractivity contribution >= 4 is 35.3 Å². The fourth-order valence-electron chi connectivity index (χ4n) is 2.68. The number of allylic oxidation sites excluding steroid dienone is 1. The predicted octanol–water partition coefficient (Wildman–Crippen LogP) is 2.75. The van der Waals surface area contributed by atoms with Crippen LogP contribution in [0, 0.1) is 5.41 Å². The number of rotatable bonds is 6. The molecular weight excluding hydrogens is 344 g/mol. The minimum atomic E-state index is -1.69. The second kappa shape index (κ2) is 8.11. The zero-order chi connectivity index (χ0) is 18.4. The molecule has 1 aliphatic carbocycles. The summed E-state index contributed by atoms with van der Waals surface area (Å²) in [5.74, 6) is -2.05. The molecule has 0 aromatic carbocycles. The largest absolute Gasteiger partial charge is 0.466 e. The summed E-state index contributed by atoms with van der Waals surface area (Å²) in [6, 6.07) is 3.70. The first-order valence-electron chi connectivity index (χ1n) is 7.88. The van der Waals surface area contributed by atoms with Crippen molar-refractivity contribution in [3.63, 3.8) is 0 Å². The van der Waals surface area contributed by atoms with Crippen LogP contribution in [0.15, 0.2) is 34.7 Å². The number of carbonyl (C=O) groups is 3. The molecule has 0 amide bonds. The Labute approximate surface area is 150 Å². The van der Waals surface area contributed by atoms with E-state index < -0.39 is 23.3 Å². The molecule has 25 heavy (non-hydrogen) atoms. The SMILES string of the molecule is CCOC(=O)C1(C(=O)OCC)CC(C(=O)OC)=C/C1=C/c1cccs1. The maximum absolute atomic E-state index is 12.7. The fourth-order valence-corrected chi connectivity index (χ4v) is 3.34. The molecule has 1 aromatic heterocycles. The molecule has 0 spiro atoms. The van der Waals surface area contributed by atoms with Gasteiger partial charge >= 0.3 is 17.9 Å². The summed E-state index contributed by atoms with van der Waals surface area (Å²) in [7, 11) is 1.25. The Kier molecular flexibility index (Phi) is 6.14. The van der Waals surface area contributed by atoms with Gasteiger partial charge in [-0.1, -0.05) is 6.07 Å². The van der Waals surface area contributed by atoms with Crippen LogP contribution in [0.2, 0.25) is 0 Å². The third kappa shape index (κ3) is 3.66. The van der Waals surface area contributed by atoms with E-state index in [4.69, 9.17) is 14.2 Å². The van der Waals surface area contributed by atoms with Gasteiger partial charge in [0.15, 0.2) is 5.41 Å². The molecule has 1 aromatic rings. The van der Waals surface area contributed by atoms with Gasteiger partial charge in [-0.2, -0.15) is 0 Å². The molecule has 1 heterocycles. The topological polar surface area (TPSA) is 78.9 Å². The summed E-state index contributed by atoms with van der Waals surface area (Å²) in [5, 5.41) is 1.88. The molecule has 2 rings (SSSR count). The summed E-state index contributed by atoms with van der Waals surface area (Å²) in [6.07, 6.45) is 3.07. The second-order valence-corrected chi connectivity index (χ2v) is 6.28. The molecule has 0 bridgehead atoms. The van der Waals surface area contributed by atoms with Crippen LogP contribution < -0.4 is 0 Å². The average Bonchev–Trinajstić information content (AvgIpc) is 3.23. The van der Waals surface area contributed by atoms with Crippen molar-refractivity contribution in [2.24, 2.45) is 5.41 Å². The molecule has 1 aliphatic rings. The van der Waals surface area contributed by atoms with Crippen LogP contribution in [0.3, 0.4) is 0 Å².